The highest BCUT2D eigenvalue weighted by Gasteiger charge is 2.38. The number of alkyl halides is 3. The van der Waals surface area contributed by atoms with E-state index in [-0.39, 0.29) is 11.9 Å². The fraction of sp³-hybridized carbons (Fsp3) is 0.500. The minimum absolute atomic E-state index is 0.0966. The highest BCUT2D eigenvalue weighted by Crippen LogP contribution is 2.30. The lowest BCUT2D eigenvalue weighted by Crippen LogP contribution is -2.30. The van der Waals surface area contributed by atoms with Crippen LogP contribution in [0.4, 0.5) is 13.2 Å². The average Bonchev–Trinajstić information content (AvgIpc) is 3.16. The maximum absolute atomic E-state index is 12.5. The zero-order valence-electron chi connectivity index (χ0n) is 13.4. The van der Waals surface area contributed by atoms with Crippen LogP contribution in [0.25, 0.3) is 11.4 Å². The van der Waals surface area contributed by atoms with Crippen molar-refractivity contribution < 1.29 is 22.4 Å². The van der Waals surface area contributed by atoms with Crippen LogP contribution in [0.2, 0.25) is 0 Å². The summed E-state index contributed by atoms with van der Waals surface area (Å²) in [6, 6.07) is 7.14. The molecular formula is C16H18F3N3O2. The number of nitrogens with zero attached hydrogens (tertiary/aromatic N) is 3. The fourth-order valence-corrected chi connectivity index (χ4v) is 2.65. The summed E-state index contributed by atoms with van der Waals surface area (Å²) in [5, 5.41) is 3.36. The second-order valence-electron chi connectivity index (χ2n) is 6.06. The van der Waals surface area contributed by atoms with Gasteiger partial charge in [0.05, 0.1) is 0 Å². The van der Waals surface area contributed by atoms with Crippen LogP contribution in [0.1, 0.15) is 26.2 Å². The Morgan fingerprint density at radius 3 is 2.50 bits per heavy atom. The lowest BCUT2D eigenvalue weighted by atomic mass is 10.2. The SMILES string of the molecule is CC(C)N1CC[C@@H](Oc2ccc(-c3noc(C(F)(F)F)n3)cc2)C1. The number of hydrogen-bond acceptors (Lipinski definition) is 5. The zero-order valence-corrected chi connectivity index (χ0v) is 13.4. The molecule has 1 fully saturated rings. The van der Waals surface area contributed by atoms with Crippen molar-refractivity contribution in [1.82, 2.24) is 15.0 Å². The summed E-state index contributed by atoms with van der Waals surface area (Å²) >= 11 is 0. The number of likely N-dealkylation sites (tertiary alicyclic amines) is 1. The molecule has 1 aliphatic rings. The van der Waals surface area contributed by atoms with Crippen molar-refractivity contribution in [3.63, 3.8) is 0 Å². The van der Waals surface area contributed by atoms with Crippen molar-refractivity contribution in [2.24, 2.45) is 0 Å². The van der Waals surface area contributed by atoms with Crippen LogP contribution in [0.15, 0.2) is 28.8 Å². The van der Waals surface area contributed by atoms with E-state index >= 15 is 0 Å². The van der Waals surface area contributed by atoms with Crippen LogP contribution in [0.3, 0.4) is 0 Å². The third-order valence-electron chi connectivity index (χ3n) is 3.99. The van der Waals surface area contributed by atoms with Crippen molar-refractivity contribution in [3.8, 4) is 17.1 Å². The van der Waals surface area contributed by atoms with Gasteiger partial charge in [0.15, 0.2) is 0 Å². The number of rotatable bonds is 4. The van der Waals surface area contributed by atoms with E-state index in [9.17, 15) is 13.2 Å². The molecule has 1 aromatic heterocycles. The van der Waals surface area contributed by atoms with E-state index in [1.54, 1.807) is 24.3 Å². The first-order valence-corrected chi connectivity index (χ1v) is 7.75. The van der Waals surface area contributed by atoms with E-state index in [4.69, 9.17) is 4.74 Å². The quantitative estimate of drug-likeness (QED) is 0.850. The van der Waals surface area contributed by atoms with Gasteiger partial charge in [-0.3, -0.25) is 4.90 Å². The Morgan fingerprint density at radius 2 is 1.96 bits per heavy atom. The van der Waals surface area contributed by atoms with Crippen molar-refractivity contribution >= 4 is 0 Å². The number of benzene rings is 1. The van der Waals surface area contributed by atoms with Crippen LogP contribution in [0, 0.1) is 0 Å². The molecule has 0 N–H and O–H groups in total. The number of aromatic nitrogens is 2. The first-order valence-electron chi connectivity index (χ1n) is 7.75. The number of ether oxygens (including phenoxy) is 1. The normalized spacial score (nSPS) is 19.2. The van der Waals surface area contributed by atoms with Gasteiger partial charge < -0.3 is 9.26 Å². The van der Waals surface area contributed by atoms with Gasteiger partial charge in [-0.2, -0.15) is 18.2 Å². The summed E-state index contributed by atoms with van der Waals surface area (Å²) < 4.78 is 47.6. The van der Waals surface area contributed by atoms with Gasteiger partial charge >= 0.3 is 12.1 Å². The Bertz CT molecular complexity index is 683. The van der Waals surface area contributed by atoms with Gasteiger partial charge in [-0.25, -0.2) is 0 Å². The molecule has 0 bridgehead atoms. The van der Waals surface area contributed by atoms with E-state index in [0.717, 1.165) is 19.5 Å². The van der Waals surface area contributed by atoms with E-state index in [1.807, 2.05) is 0 Å². The smallest absolute Gasteiger partial charge is 0.471 e. The van der Waals surface area contributed by atoms with E-state index < -0.39 is 12.1 Å². The molecule has 1 aromatic carbocycles. The fourth-order valence-electron chi connectivity index (χ4n) is 2.65. The Hall–Kier alpha value is -2.09. The molecule has 1 aliphatic heterocycles. The van der Waals surface area contributed by atoms with Gasteiger partial charge in [0.1, 0.15) is 11.9 Å². The third-order valence-corrected chi connectivity index (χ3v) is 3.99. The lowest BCUT2D eigenvalue weighted by Gasteiger charge is -2.20. The van der Waals surface area contributed by atoms with Crippen molar-refractivity contribution in [2.75, 3.05) is 13.1 Å². The predicted molar refractivity (Wildman–Crippen MR) is 80.5 cm³/mol. The maximum Gasteiger partial charge on any atom is 0.471 e. The molecule has 0 unspecified atom stereocenters. The van der Waals surface area contributed by atoms with E-state index in [0.29, 0.717) is 17.4 Å². The number of halogens is 3. The van der Waals surface area contributed by atoms with Crippen LogP contribution < -0.4 is 4.74 Å². The zero-order chi connectivity index (χ0) is 17.3. The molecule has 2 heterocycles. The second kappa shape index (κ2) is 6.43. The molecule has 0 spiro atoms. The Morgan fingerprint density at radius 1 is 1.25 bits per heavy atom. The molecule has 3 rings (SSSR count). The Kier molecular flexibility index (Phi) is 4.49. The molecule has 1 saturated heterocycles. The van der Waals surface area contributed by atoms with Crippen LogP contribution in [-0.2, 0) is 6.18 Å². The molecule has 8 heteroatoms. The summed E-state index contributed by atoms with van der Waals surface area (Å²) in [5.74, 6) is -0.771. The molecule has 1 atom stereocenters. The van der Waals surface area contributed by atoms with Gasteiger partial charge in [-0.15, -0.1) is 0 Å². The first kappa shape index (κ1) is 16.8. The van der Waals surface area contributed by atoms with Gasteiger partial charge in [-0.1, -0.05) is 5.16 Å². The molecule has 2 aromatic rings. The summed E-state index contributed by atoms with van der Waals surface area (Å²) in [6.07, 6.45) is -3.56. The second-order valence-corrected chi connectivity index (χ2v) is 6.06. The van der Waals surface area contributed by atoms with Gasteiger partial charge in [-0.05, 0) is 44.5 Å². The highest BCUT2D eigenvalue weighted by molar-refractivity contribution is 5.55. The van der Waals surface area contributed by atoms with Gasteiger partial charge in [0.25, 0.3) is 0 Å². The summed E-state index contributed by atoms with van der Waals surface area (Å²) in [4.78, 5) is 5.71. The molecule has 130 valence electrons. The standard InChI is InChI=1S/C16H18F3N3O2/c1-10(2)22-8-7-13(9-22)23-12-5-3-11(4-6-12)14-20-15(24-21-14)16(17,18)19/h3-6,10,13H,7-9H2,1-2H3/t13-/m1/s1. The monoisotopic (exact) mass is 341 g/mol. The van der Waals surface area contributed by atoms with Crippen LogP contribution in [-0.4, -0.2) is 40.3 Å². The molecule has 0 radical (unpaired) electrons. The predicted octanol–water partition coefficient (Wildman–Crippen LogP) is 3.62. The van der Waals surface area contributed by atoms with Crippen LogP contribution >= 0.6 is 0 Å². The molecular weight excluding hydrogens is 323 g/mol. The van der Waals surface area contributed by atoms with Gasteiger partial charge in [0, 0.05) is 24.7 Å². The minimum Gasteiger partial charge on any atom is -0.489 e. The van der Waals surface area contributed by atoms with Crippen molar-refractivity contribution in [3.05, 3.63) is 30.2 Å². The number of hydrogen-bond donors (Lipinski definition) is 0. The van der Waals surface area contributed by atoms with Crippen molar-refractivity contribution in [2.45, 2.75) is 38.6 Å². The van der Waals surface area contributed by atoms with Crippen molar-refractivity contribution in [1.29, 1.82) is 0 Å². The topological polar surface area (TPSA) is 51.4 Å². The maximum atomic E-state index is 12.5. The first-order chi connectivity index (χ1) is 11.3. The molecule has 24 heavy (non-hydrogen) atoms. The van der Waals surface area contributed by atoms with Crippen LogP contribution in [0.5, 0.6) is 5.75 Å². The molecule has 0 saturated carbocycles. The summed E-state index contributed by atoms with van der Waals surface area (Å²) in [5.41, 5.74) is 0.442. The highest BCUT2D eigenvalue weighted by atomic mass is 19.4. The Labute approximate surface area is 137 Å². The van der Waals surface area contributed by atoms with E-state index in [2.05, 4.69) is 33.4 Å². The molecule has 0 aliphatic carbocycles. The Balaban J connectivity index is 1.65. The minimum atomic E-state index is -4.64. The third kappa shape index (κ3) is 3.69. The van der Waals surface area contributed by atoms with E-state index in [1.165, 1.54) is 0 Å². The largest absolute Gasteiger partial charge is 0.489 e. The summed E-state index contributed by atoms with van der Waals surface area (Å²) in [7, 11) is 0. The molecule has 0 amide bonds. The summed E-state index contributed by atoms with van der Waals surface area (Å²) in [6.45, 7) is 6.18. The average molecular weight is 341 g/mol. The molecule has 5 nitrogen and oxygen atoms in total. The van der Waals surface area contributed by atoms with Gasteiger partial charge in [0.2, 0.25) is 5.82 Å². The lowest BCUT2D eigenvalue weighted by molar-refractivity contribution is -0.159.